The molecule has 0 saturated carbocycles. The Morgan fingerprint density at radius 2 is 1.84 bits per heavy atom. The van der Waals surface area contributed by atoms with Crippen molar-refractivity contribution in [2.24, 2.45) is 0 Å². The third-order valence-corrected chi connectivity index (χ3v) is 6.52. The molecule has 1 unspecified atom stereocenters. The van der Waals surface area contributed by atoms with E-state index in [1.807, 2.05) is 17.0 Å². The lowest BCUT2D eigenvalue weighted by Crippen LogP contribution is -2.56. The molecule has 2 saturated heterocycles. The molecule has 0 spiro atoms. The molecule has 166 valence electrons. The van der Waals surface area contributed by atoms with E-state index >= 15 is 0 Å². The van der Waals surface area contributed by atoms with Gasteiger partial charge in [0.05, 0.1) is 23.3 Å². The number of likely N-dealkylation sites (tertiary alicyclic amines) is 1. The lowest BCUT2D eigenvalue weighted by Gasteiger charge is -2.45. The van der Waals surface area contributed by atoms with Crippen molar-refractivity contribution in [2.75, 3.05) is 41.3 Å². The molecule has 3 amide bonds. The Kier molecular flexibility index (Phi) is 5.51. The Morgan fingerprint density at radius 1 is 1.03 bits per heavy atom. The molecule has 8 nitrogen and oxygen atoms in total. The first-order valence-corrected chi connectivity index (χ1v) is 11.3. The van der Waals surface area contributed by atoms with Crippen LogP contribution >= 0.6 is 0 Å². The third-order valence-electron chi connectivity index (χ3n) is 6.52. The van der Waals surface area contributed by atoms with Gasteiger partial charge in [-0.1, -0.05) is 0 Å². The molecule has 2 aromatic rings. The number of hydrogen-bond donors (Lipinski definition) is 1. The average Bonchev–Trinajstić information content (AvgIpc) is 3.37. The number of piperidine rings is 1. The zero-order valence-electron chi connectivity index (χ0n) is 18.0. The Hall–Kier alpha value is -3.42. The van der Waals surface area contributed by atoms with Crippen molar-refractivity contribution >= 4 is 34.8 Å². The van der Waals surface area contributed by atoms with E-state index in [0.717, 1.165) is 57.4 Å². The Balaban J connectivity index is 1.46. The van der Waals surface area contributed by atoms with E-state index in [0.29, 0.717) is 16.9 Å². The quantitative estimate of drug-likeness (QED) is 0.801. The lowest BCUT2D eigenvalue weighted by atomic mass is 9.95. The minimum atomic E-state index is -0.294. The Bertz CT molecular complexity index is 1040. The van der Waals surface area contributed by atoms with Gasteiger partial charge in [0.25, 0.3) is 5.91 Å². The second-order valence-corrected chi connectivity index (χ2v) is 8.62. The van der Waals surface area contributed by atoms with Crippen molar-refractivity contribution < 1.29 is 14.4 Å². The van der Waals surface area contributed by atoms with Gasteiger partial charge in [-0.2, -0.15) is 0 Å². The minimum Gasteiger partial charge on any atom is -0.358 e. The van der Waals surface area contributed by atoms with Crippen LogP contribution in [0.1, 0.15) is 42.5 Å². The highest BCUT2D eigenvalue weighted by Gasteiger charge is 2.40. The van der Waals surface area contributed by atoms with Crippen LogP contribution in [0.4, 0.5) is 17.1 Å². The van der Waals surface area contributed by atoms with E-state index in [2.05, 4.69) is 15.2 Å². The number of carbonyl (C=O) groups is 3. The number of anilines is 3. The summed E-state index contributed by atoms with van der Waals surface area (Å²) in [7, 11) is 0. The van der Waals surface area contributed by atoms with Crippen LogP contribution in [0, 0.1) is 0 Å². The normalized spacial score (nSPS) is 20.1. The number of fused-ring (bicyclic) bond motifs is 3. The molecule has 8 heteroatoms. The van der Waals surface area contributed by atoms with Gasteiger partial charge in [-0.3, -0.25) is 24.3 Å². The van der Waals surface area contributed by atoms with Crippen LogP contribution in [0.15, 0.2) is 42.7 Å². The molecule has 4 heterocycles. The van der Waals surface area contributed by atoms with E-state index in [1.165, 1.54) is 0 Å². The van der Waals surface area contributed by atoms with Crippen molar-refractivity contribution in [3.63, 3.8) is 0 Å². The van der Waals surface area contributed by atoms with E-state index < -0.39 is 0 Å². The molecular weight excluding hydrogens is 406 g/mol. The highest BCUT2D eigenvalue weighted by molar-refractivity contribution is 6.11. The summed E-state index contributed by atoms with van der Waals surface area (Å²) in [6.45, 7) is 2.23. The fraction of sp³-hybridized carbons (Fsp3) is 0.417. The van der Waals surface area contributed by atoms with Gasteiger partial charge < -0.3 is 15.1 Å². The first kappa shape index (κ1) is 20.5. The summed E-state index contributed by atoms with van der Waals surface area (Å²) >= 11 is 0. The first-order valence-electron chi connectivity index (χ1n) is 11.3. The number of hydrogen-bond acceptors (Lipinski definition) is 5. The van der Waals surface area contributed by atoms with Crippen molar-refractivity contribution in [1.82, 2.24) is 9.88 Å². The minimum absolute atomic E-state index is 0.0155. The number of benzene rings is 1. The SMILES string of the molecule is O=C(CN1C(=O)C2CCCCN2c2ccc(C(=O)N3CCCC3)cc21)Nc1cccnc1. The molecule has 3 aliphatic heterocycles. The van der Waals surface area contributed by atoms with Crippen LogP contribution in [0.2, 0.25) is 0 Å². The predicted molar refractivity (Wildman–Crippen MR) is 122 cm³/mol. The second-order valence-electron chi connectivity index (χ2n) is 8.62. The molecule has 0 aliphatic carbocycles. The lowest BCUT2D eigenvalue weighted by molar-refractivity contribution is -0.123. The number of aromatic nitrogens is 1. The standard InChI is InChI=1S/C24H27N5O3/c30-22(26-18-6-5-10-25-15-18)16-29-21-14-17(23(31)27-11-3-4-12-27)8-9-19(21)28-13-2-1-7-20(28)24(29)32/h5-6,8-10,14-15,20H,1-4,7,11-13,16H2,(H,26,30). The van der Waals surface area contributed by atoms with Gasteiger partial charge >= 0.3 is 0 Å². The highest BCUT2D eigenvalue weighted by atomic mass is 16.2. The molecule has 1 aromatic heterocycles. The smallest absolute Gasteiger partial charge is 0.253 e. The second kappa shape index (κ2) is 8.61. The number of pyridine rings is 1. The van der Waals surface area contributed by atoms with E-state index in [9.17, 15) is 14.4 Å². The predicted octanol–water partition coefficient (Wildman–Crippen LogP) is 2.66. The van der Waals surface area contributed by atoms with Gasteiger partial charge in [-0.15, -0.1) is 0 Å². The zero-order valence-corrected chi connectivity index (χ0v) is 18.0. The molecule has 1 aromatic carbocycles. The first-order chi connectivity index (χ1) is 15.6. The maximum Gasteiger partial charge on any atom is 0.253 e. The molecule has 1 N–H and O–H groups in total. The van der Waals surface area contributed by atoms with E-state index in [-0.39, 0.29) is 30.3 Å². The van der Waals surface area contributed by atoms with Crippen molar-refractivity contribution in [2.45, 2.75) is 38.1 Å². The third kappa shape index (κ3) is 3.81. The van der Waals surface area contributed by atoms with Crippen LogP contribution in [0.5, 0.6) is 0 Å². The zero-order chi connectivity index (χ0) is 22.1. The van der Waals surface area contributed by atoms with Crippen molar-refractivity contribution in [3.8, 4) is 0 Å². The number of carbonyl (C=O) groups excluding carboxylic acids is 3. The monoisotopic (exact) mass is 433 g/mol. The maximum atomic E-state index is 13.4. The van der Waals surface area contributed by atoms with Gasteiger partial charge in [-0.05, 0) is 62.4 Å². The largest absolute Gasteiger partial charge is 0.358 e. The molecule has 0 radical (unpaired) electrons. The van der Waals surface area contributed by atoms with Gasteiger partial charge in [0, 0.05) is 31.4 Å². The fourth-order valence-corrected chi connectivity index (χ4v) is 4.94. The van der Waals surface area contributed by atoms with Crippen LogP contribution in [-0.4, -0.2) is 59.8 Å². The topological polar surface area (TPSA) is 85.9 Å². The summed E-state index contributed by atoms with van der Waals surface area (Å²) in [4.78, 5) is 48.8. The molecule has 0 bridgehead atoms. The molecule has 1 atom stereocenters. The Morgan fingerprint density at radius 3 is 2.62 bits per heavy atom. The molecule has 2 fully saturated rings. The Labute approximate surface area is 187 Å². The van der Waals surface area contributed by atoms with Gasteiger partial charge in [-0.25, -0.2) is 0 Å². The number of amides is 3. The summed E-state index contributed by atoms with van der Waals surface area (Å²) in [5.74, 6) is -0.389. The van der Waals surface area contributed by atoms with Gasteiger partial charge in [0.15, 0.2) is 0 Å². The number of nitrogens with one attached hydrogen (secondary N) is 1. The maximum absolute atomic E-state index is 13.4. The number of nitrogens with zero attached hydrogens (tertiary/aromatic N) is 4. The van der Waals surface area contributed by atoms with Crippen LogP contribution in [-0.2, 0) is 9.59 Å². The summed E-state index contributed by atoms with van der Waals surface area (Å²) in [6.07, 6.45) is 8.03. The van der Waals surface area contributed by atoms with Crippen LogP contribution < -0.4 is 15.1 Å². The van der Waals surface area contributed by atoms with Crippen LogP contribution in [0.25, 0.3) is 0 Å². The summed E-state index contributed by atoms with van der Waals surface area (Å²) in [5, 5.41) is 2.81. The molecule has 32 heavy (non-hydrogen) atoms. The number of rotatable bonds is 4. The van der Waals surface area contributed by atoms with E-state index in [1.54, 1.807) is 35.5 Å². The van der Waals surface area contributed by atoms with Gasteiger partial charge in [0.1, 0.15) is 12.6 Å². The van der Waals surface area contributed by atoms with Gasteiger partial charge in [0.2, 0.25) is 11.8 Å². The highest BCUT2D eigenvalue weighted by Crippen LogP contribution is 2.40. The summed E-state index contributed by atoms with van der Waals surface area (Å²) in [6, 6.07) is 8.82. The molecule has 3 aliphatic rings. The van der Waals surface area contributed by atoms with Crippen molar-refractivity contribution in [3.05, 3.63) is 48.3 Å². The summed E-state index contributed by atoms with van der Waals surface area (Å²) < 4.78 is 0. The fourth-order valence-electron chi connectivity index (χ4n) is 4.94. The average molecular weight is 434 g/mol. The molecule has 5 rings (SSSR count). The van der Waals surface area contributed by atoms with E-state index in [4.69, 9.17) is 0 Å². The molecular formula is C24H27N5O3. The van der Waals surface area contributed by atoms with Crippen LogP contribution in [0.3, 0.4) is 0 Å². The van der Waals surface area contributed by atoms with Crippen molar-refractivity contribution in [1.29, 1.82) is 0 Å². The summed E-state index contributed by atoms with van der Waals surface area (Å²) in [5.41, 5.74) is 2.70.